The second-order valence-corrected chi connectivity index (χ2v) is 4.71. The minimum absolute atomic E-state index is 0.186. The average molecular weight is 198 g/mol. The van der Waals surface area contributed by atoms with Crippen LogP contribution < -0.4 is 0 Å². The van der Waals surface area contributed by atoms with Gasteiger partial charge in [0.25, 0.3) is 0 Å². The Morgan fingerprint density at radius 3 is 2.47 bits per heavy atom. The van der Waals surface area contributed by atoms with Crippen molar-refractivity contribution in [1.82, 2.24) is 0 Å². The summed E-state index contributed by atoms with van der Waals surface area (Å²) >= 11 is 0. The molecule has 15 heavy (non-hydrogen) atoms. The lowest BCUT2D eigenvalue weighted by atomic mass is 9.82. The standard InChI is InChI=1S/C15H18/c1-5-8-12-11(2)15(3,4)14-10-7-6-9-13(12)14/h5-10H,1-4H3/b8-5-. The average Bonchev–Trinajstić information content (AvgIpc) is 2.42. The van der Waals surface area contributed by atoms with Gasteiger partial charge < -0.3 is 0 Å². The second kappa shape index (κ2) is 3.37. The van der Waals surface area contributed by atoms with Crippen molar-refractivity contribution in [3.8, 4) is 0 Å². The van der Waals surface area contributed by atoms with Gasteiger partial charge in [-0.3, -0.25) is 0 Å². The van der Waals surface area contributed by atoms with Gasteiger partial charge in [0.2, 0.25) is 0 Å². The third-order valence-corrected chi connectivity index (χ3v) is 3.57. The summed E-state index contributed by atoms with van der Waals surface area (Å²) in [6, 6.07) is 8.72. The molecule has 1 aliphatic rings. The number of hydrogen-bond donors (Lipinski definition) is 0. The smallest absolute Gasteiger partial charge is 0.0118 e. The summed E-state index contributed by atoms with van der Waals surface area (Å²) in [5, 5.41) is 0. The van der Waals surface area contributed by atoms with Crippen LogP contribution in [0.3, 0.4) is 0 Å². The van der Waals surface area contributed by atoms with E-state index >= 15 is 0 Å². The number of hydrogen-bond acceptors (Lipinski definition) is 0. The molecule has 0 aliphatic heterocycles. The van der Waals surface area contributed by atoms with Crippen molar-refractivity contribution in [1.29, 1.82) is 0 Å². The maximum Gasteiger partial charge on any atom is 0.0118 e. The Morgan fingerprint density at radius 2 is 1.80 bits per heavy atom. The van der Waals surface area contributed by atoms with Gasteiger partial charge in [0, 0.05) is 5.41 Å². The van der Waals surface area contributed by atoms with E-state index in [1.165, 1.54) is 22.3 Å². The van der Waals surface area contributed by atoms with Gasteiger partial charge in [-0.2, -0.15) is 0 Å². The van der Waals surface area contributed by atoms with Gasteiger partial charge >= 0.3 is 0 Å². The summed E-state index contributed by atoms with van der Waals surface area (Å²) in [4.78, 5) is 0. The Morgan fingerprint density at radius 1 is 1.13 bits per heavy atom. The lowest BCUT2D eigenvalue weighted by molar-refractivity contribution is 0.639. The Bertz CT molecular complexity index is 445. The second-order valence-electron chi connectivity index (χ2n) is 4.71. The summed E-state index contributed by atoms with van der Waals surface area (Å²) in [6.07, 6.45) is 4.35. The van der Waals surface area contributed by atoms with Crippen molar-refractivity contribution in [2.45, 2.75) is 33.1 Å². The first-order valence-electron chi connectivity index (χ1n) is 5.53. The molecule has 0 radical (unpaired) electrons. The fraction of sp³-hybridized carbons (Fsp3) is 0.333. The SMILES string of the molecule is C/C=C\C1=C(C)C(C)(C)c2ccccc21. The predicted octanol–water partition coefficient (Wildman–Crippen LogP) is 4.33. The number of rotatable bonds is 1. The molecule has 2 rings (SSSR count). The topological polar surface area (TPSA) is 0 Å². The molecule has 0 N–H and O–H groups in total. The highest BCUT2D eigenvalue weighted by Gasteiger charge is 2.33. The van der Waals surface area contributed by atoms with Gasteiger partial charge in [0.05, 0.1) is 0 Å². The van der Waals surface area contributed by atoms with Crippen LogP contribution in [0.25, 0.3) is 5.57 Å². The summed E-state index contributed by atoms with van der Waals surface area (Å²) in [5.74, 6) is 0. The maximum atomic E-state index is 2.30. The van der Waals surface area contributed by atoms with Crippen molar-refractivity contribution in [2.75, 3.05) is 0 Å². The first-order valence-corrected chi connectivity index (χ1v) is 5.53. The molecule has 0 heterocycles. The van der Waals surface area contributed by atoms with Gasteiger partial charge in [-0.25, -0.2) is 0 Å². The first-order chi connectivity index (χ1) is 7.09. The van der Waals surface area contributed by atoms with Crippen molar-refractivity contribution < 1.29 is 0 Å². The molecule has 1 aliphatic carbocycles. The molecule has 0 nitrogen and oxygen atoms in total. The Balaban J connectivity index is 2.70. The third kappa shape index (κ3) is 1.36. The predicted molar refractivity (Wildman–Crippen MR) is 66.9 cm³/mol. The van der Waals surface area contributed by atoms with Gasteiger partial charge in [0.1, 0.15) is 0 Å². The van der Waals surface area contributed by atoms with Crippen LogP contribution in [0.1, 0.15) is 38.8 Å². The molecule has 0 unspecified atom stereocenters. The number of benzene rings is 1. The molecular formula is C15H18. The molecule has 0 aromatic heterocycles. The third-order valence-electron chi connectivity index (χ3n) is 3.57. The Labute approximate surface area is 92.3 Å². The molecule has 0 saturated heterocycles. The van der Waals surface area contributed by atoms with Crippen molar-refractivity contribution in [3.63, 3.8) is 0 Å². The Kier molecular flexibility index (Phi) is 2.30. The lowest BCUT2D eigenvalue weighted by Gasteiger charge is -2.21. The van der Waals surface area contributed by atoms with Crippen LogP contribution in [0.4, 0.5) is 0 Å². The van der Waals surface area contributed by atoms with Crippen LogP contribution in [0, 0.1) is 0 Å². The highest BCUT2D eigenvalue weighted by molar-refractivity contribution is 5.85. The molecular weight excluding hydrogens is 180 g/mol. The number of allylic oxidation sites excluding steroid dienone is 4. The fourth-order valence-corrected chi connectivity index (χ4v) is 2.39. The number of fused-ring (bicyclic) bond motifs is 1. The largest absolute Gasteiger partial charge is 0.0870 e. The van der Waals surface area contributed by atoms with Gasteiger partial charge in [-0.05, 0) is 30.5 Å². The highest BCUT2D eigenvalue weighted by atomic mass is 14.4. The van der Waals surface area contributed by atoms with Crippen molar-refractivity contribution in [3.05, 3.63) is 53.1 Å². The van der Waals surface area contributed by atoms with Gasteiger partial charge in [-0.15, -0.1) is 0 Å². The van der Waals surface area contributed by atoms with E-state index in [1.807, 2.05) is 0 Å². The Hall–Kier alpha value is -1.30. The zero-order valence-electron chi connectivity index (χ0n) is 9.96. The maximum absolute atomic E-state index is 2.30. The van der Waals surface area contributed by atoms with Crippen LogP contribution in [0.5, 0.6) is 0 Å². The van der Waals surface area contributed by atoms with Crippen LogP contribution in [-0.4, -0.2) is 0 Å². The molecule has 0 spiro atoms. The first kappa shape index (κ1) is 10.2. The van der Waals surface area contributed by atoms with E-state index < -0.39 is 0 Å². The van der Waals surface area contributed by atoms with Gasteiger partial charge in [-0.1, -0.05) is 55.8 Å². The zero-order valence-corrected chi connectivity index (χ0v) is 9.96. The van der Waals surface area contributed by atoms with E-state index in [2.05, 4.69) is 64.1 Å². The van der Waals surface area contributed by atoms with E-state index in [0.717, 1.165) is 0 Å². The van der Waals surface area contributed by atoms with Crippen LogP contribution in [0.2, 0.25) is 0 Å². The molecule has 0 fully saturated rings. The van der Waals surface area contributed by atoms with Gasteiger partial charge in [0.15, 0.2) is 0 Å². The minimum Gasteiger partial charge on any atom is -0.0870 e. The normalized spacial score (nSPS) is 18.7. The highest BCUT2D eigenvalue weighted by Crippen LogP contribution is 2.46. The van der Waals surface area contributed by atoms with Crippen LogP contribution in [0.15, 0.2) is 42.0 Å². The van der Waals surface area contributed by atoms with Crippen molar-refractivity contribution in [2.24, 2.45) is 0 Å². The van der Waals surface area contributed by atoms with Crippen LogP contribution in [-0.2, 0) is 5.41 Å². The molecule has 0 amide bonds. The molecule has 0 atom stereocenters. The summed E-state index contributed by atoms with van der Waals surface area (Å²) in [7, 11) is 0. The molecule has 0 heteroatoms. The molecule has 0 bridgehead atoms. The molecule has 1 aromatic carbocycles. The fourth-order valence-electron chi connectivity index (χ4n) is 2.39. The van der Waals surface area contributed by atoms with Crippen LogP contribution >= 0.6 is 0 Å². The summed E-state index contributed by atoms with van der Waals surface area (Å²) in [6.45, 7) is 8.93. The molecule has 0 saturated carbocycles. The van der Waals surface area contributed by atoms with E-state index in [-0.39, 0.29) is 5.41 Å². The minimum atomic E-state index is 0.186. The van der Waals surface area contributed by atoms with Crippen molar-refractivity contribution >= 4 is 5.57 Å². The monoisotopic (exact) mass is 198 g/mol. The molecule has 78 valence electrons. The summed E-state index contributed by atoms with van der Waals surface area (Å²) < 4.78 is 0. The van der Waals surface area contributed by atoms with E-state index in [4.69, 9.17) is 0 Å². The van der Waals surface area contributed by atoms with E-state index in [9.17, 15) is 0 Å². The summed E-state index contributed by atoms with van der Waals surface area (Å²) in [5.41, 5.74) is 5.92. The molecule has 1 aromatic rings. The lowest BCUT2D eigenvalue weighted by Crippen LogP contribution is -2.15. The van der Waals surface area contributed by atoms with E-state index in [0.29, 0.717) is 0 Å². The zero-order chi connectivity index (χ0) is 11.1. The van der Waals surface area contributed by atoms with E-state index in [1.54, 1.807) is 0 Å². The quantitative estimate of drug-likeness (QED) is 0.630.